The predicted molar refractivity (Wildman–Crippen MR) is 116 cm³/mol. The molecule has 0 saturated carbocycles. The minimum Gasteiger partial charge on any atom is -0.497 e. The highest BCUT2D eigenvalue weighted by Gasteiger charge is 2.25. The molecule has 4 rings (SSSR count). The molecule has 1 aliphatic heterocycles. The molecule has 2 aromatic heterocycles. The summed E-state index contributed by atoms with van der Waals surface area (Å²) < 4.78 is 5.30. The van der Waals surface area contributed by atoms with Gasteiger partial charge in [0.05, 0.1) is 7.11 Å². The zero-order valence-corrected chi connectivity index (χ0v) is 17.0. The standard InChI is InChI=1S/C22H26N6O/c1-27(2)17-10-12-28(15-17)21-14-20(24-19-13-18(29-3)9-11-23-19)25-22(26-21)16-7-5-4-6-8-16/h4-9,11,13-14,17H,10,12,15H2,1-3H3,(H,23,24,25,26)/t17-/m1/s1. The first-order valence-electron chi connectivity index (χ1n) is 9.75. The smallest absolute Gasteiger partial charge is 0.163 e. The summed E-state index contributed by atoms with van der Waals surface area (Å²) in [7, 11) is 5.90. The molecule has 0 bridgehead atoms. The van der Waals surface area contributed by atoms with Gasteiger partial charge in [-0.2, -0.15) is 0 Å². The Morgan fingerprint density at radius 2 is 1.90 bits per heavy atom. The Bertz CT molecular complexity index is 963. The van der Waals surface area contributed by atoms with Crippen molar-refractivity contribution in [2.45, 2.75) is 12.5 Å². The fourth-order valence-electron chi connectivity index (χ4n) is 3.49. The molecule has 1 atom stereocenters. The highest BCUT2D eigenvalue weighted by Crippen LogP contribution is 2.27. The summed E-state index contributed by atoms with van der Waals surface area (Å²) in [6.07, 6.45) is 2.83. The van der Waals surface area contributed by atoms with Gasteiger partial charge in [0.2, 0.25) is 0 Å². The van der Waals surface area contributed by atoms with Gasteiger partial charge in [-0.3, -0.25) is 0 Å². The van der Waals surface area contributed by atoms with Crippen LogP contribution in [0, 0.1) is 0 Å². The maximum atomic E-state index is 5.30. The van der Waals surface area contributed by atoms with Crippen molar-refractivity contribution in [1.29, 1.82) is 0 Å². The van der Waals surface area contributed by atoms with Crippen LogP contribution < -0.4 is 15.0 Å². The number of methoxy groups -OCH3 is 1. The molecule has 0 amide bonds. The molecule has 1 aromatic carbocycles. The zero-order chi connectivity index (χ0) is 20.2. The van der Waals surface area contributed by atoms with E-state index in [4.69, 9.17) is 14.7 Å². The van der Waals surface area contributed by atoms with Gasteiger partial charge in [0, 0.05) is 43.0 Å². The molecule has 1 N–H and O–H groups in total. The summed E-state index contributed by atoms with van der Waals surface area (Å²) in [4.78, 5) is 18.6. The molecule has 0 aliphatic carbocycles. The number of pyridine rings is 1. The summed E-state index contributed by atoms with van der Waals surface area (Å²) in [6.45, 7) is 1.93. The fraction of sp³-hybridized carbons (Fsp3) is 0.318. The number of nitrogens with one attached hydrogen (secondary N) is 1. The van der Waals surface area contributed by atoms with Crippen molar-refractivity contribution >= 4 is 17.5 Å². The molecule has 0 spiro atoms. The van der Waals surface area contributed by atoms with Gasteiger partial charge < -0.3 is 19.9 Å². The molecule has 3 aromatic rings. The van der Waals surface area contributed by atoms with E-state index in [0.29, 0.717) is 23.5 Å². The van der Waals surface area contributed by atoms with Crippen molar-refractivity contribution < 1.29 is 4.74 Å². The summed E-state index contributed by atoms with van der Waals surface area (Å²) in [5.74, 6) is 3.76. The molecule has 0 radical (unpaired) electrons. The van der Waals surface area contributed by atoms with E-state index >= 15 is 0 Å². The number of rotatable bonds is 6. The van der Waals surface area contributed by atoms with E-state index < -0.39 is 0 Å². The van der Waals surface area contributed by atoms with Crippen LogP contribution >= 0.6 is 0 Å². The fourth-order valence-corrected chi connectivity index (χ4v) is 3.49. The first-order chi connectivity index (χ1) is 14.1. The van der Waals surface area contributed by atoms with Gasteiger partial charge in [-0.25, -0.2) is 15.0 Å². The van der Waals surface area contributed by atoms with Crippen LogP contribution in [0.25, 0.3) is 11.4 Å². The number of likely N-dealkylation sites (N-methyl/N-ethyl adjacent to an activating group) is 1. The van der Waals surface area contributed by atoms with Crippen LogP contribution in [-0.4, -0.2) is 60.2 Å². The van der Waals surface area contributed by atoms with Crippen LogP contribution in [-0.2, 0) is 0 Å². The molecule has 29 heavy (non-hydrogen) atoms. The van der Waals surface area contributed by atoms with Crippen LogP contribution in [0.3, 0.4) is 0 Å². The van der Waals surface area contributed by atoms with Gasteiger partial charge in [0.25, 0.3) is 0 Å². The largest absolute Gasteiger partial charge is 0.497 e. The highest BCUT2D eigenvalue weighted by atomic mass is 16.5. The van der Waals surface area contributed by atoms with E-state index in [1.807, 2.05) is 48.5 Å². The number of benzene rings is 1. The highest BCUT2D eigenvalue weighted by molar-refractivity contribution is 5.65. The number of hydrogen-bond acceptors (Lipinski definition) is 7. The molecule has 7 heteroatoms. The maximum absolute atomic E-state index is 5.30. The molecule has 1 aliphatic rings. The predicted octanol–water partition coefficient (Wildman–Crippen LogP) is 3.43. The van der Waals surface area contributed by atoms with E-state index in [2.05, 4.69) is 34.2 Å². The molecular formula is C22H26N6O. The Morgan fingerprint density at radius 1 is 1.07 bits per heavy atom. The van der Waals surface area contributed by atoms with Crippen LogP contribution in [0.5, 0.6) is 5.75 Å². The monoisotopic (exact) mass is 390 g/mol. The minimum atomic E-state index is 0.529. The number of hydrogen-bond donors (Lipinski definition) is 1. The average Bonchev–Trinajstić information content (AvgIpc) is 3.25. The lowest BCUT2D eigenvalue weighted by Gasteiger charge is -2.22. The number of ether oxygens (including phenoxy) is 1. The van der Waals surface area contributed by atoms with E-state index in [9.17, 15) is 0 Å². The summed E-state index contributed by atoms with van der Waals surface area (Å²) in [6, 6.07) is 16.2. The molecule has 0 unspecified atom stereocenters. The van der Waals surface area contributed by atoms with Gasteiger partial charge >= 0.3 is 0 Å². The number of aromatic nitrogens is 3. The van der Waals surface area contributed by atoms with Crippen LogP contribution in [0.2, 0.25) is 0 Å². The van der Waals surface area contributed by atoms with E-state index in [-0.39, 0.29) is 0 Å². The molecule has 3 heterocycles. The van der Waals surface area contributed by atoms with Crippen molar-refractivity contribution in [1.82, 2.24) is 19.9 Å². The Morgan fingerprint density at radius 3 is 2.62 bits per heavy atom. The Kier molecular flexibility index (Phi) is 5.57. The van der Waals surface area contributed by atoms with Gasteiger partial charge in [0.15, 0.2) is 5.82 Å². The van der Waals surface area contributed by atoms with Crippen molar-refractivity contribution in [2.24, 2.45) is 0 Å². The van der Waals surface area contributed by atoms with Gasteiger partial charge in [-0.05, 0) is 26.6 Å². The second-order valence-electron chi connectivity index (χ2n) is 7.36. The van der Waals surface area contributed by atoms with Crippen molar-refractivity contribution in [2.75, 3.05) is 44.5 Å². The average molecular weight is 390 g/mol. The van der Waals surface area contributed by atoms with Crippen molar-refractivity contribution in [3.8, 4) is 17.1 Å². The van der Waals surface area contributed by atoms with Crippen LogP contribution in [0.4, 0.5) is 17.5 Å². The maximum Gasteiger partial charge on any atom is 0.163 e. The lowest BCUT2D eigenvalue weighted by atomic mass is 10.2. The van der Waals surface area contributed by atoms with Crippen molar-refractivity contribution in [3.63, 3.8) is 0 Å². The molecule has 1 fully saturated rings. The molecule has 7 nitrogen and oxygen atoms in total. The Hall–Kier alpha value is -3.19. The van der Waals surface area contributed by atoms with Crippen LogP contribution in [0.1, 0.15) is 6.42 Å². The molecular weight excluding hydrogens is 364 g/mol. The quantitative estimate of drug-likeness (QED) is 0.692. The first-order valence-corrected chi connectivity index (χ1v) is 9.75. The normalized spacial score (nSPS) is 16.3. The molecule has 1 saturated heterocycles. The number of anilines is 3. The lowest BCUT2D eigenvalue weighted by Crippen LogP contribution is -2.31. The summed E-state index contributed by atoms with van der Waals surface area (Å²) >= 11 is 0. The Labute approximate surface area is 171 Å². The third-order valence-electron chi connectivity index (χ3n) is 5.19. The van der Waals surface area contributed by atoms with Crippen molar-refractivity contribution in [3.05, 3.63) is 54.7 Å². The second kappa shape index (κ2) is 8.45. The van der Waals surface area contributed by atoms with Crippen LogP contribution in [0.15, 0.2) is 54.7 Å². The summed E-state index contributed by atoms with van der Waals surface area (Å²) in [5, 5.41) is 3.31. The second-order valence-corrected chi connectivity index (χ2v) is 7.36. The number of nitrogens with zero attached hydrogens (tertiary/aromatic N) is 5. The topological polar surface area (TPSA) is 66.4 Å². The Balaban J connectivity index is 1.68. The van der Waals surface area contributed by atoms with Gasteiger partial charge in [0.1, 0.15) is 23.2 Å². The van der Waals surface area contributed by atoms with E-state index in [1.165, 1.54) is 0 Å². The third kappa shape index (κ3) is 4.46. The van der Waals surface area contributed by atoms with E-state index in [0.717, 1.165) is 36.6 Å². The zero-order valence-electron chi connectivity index (χ0n) is 17.0. The third-order valence-corrected chi connectivity index (χ3v) is 5.19. The minimum absolute atomic E-state index is 0.529. The first kappa shape index (κ1) is 19.1. The molecule has 150 valence electrons. The van der Waals surface area contributed by atoms with E-state index in [1.54, 1.807) is 13.3 Å². The van der Waals surface area contributed by atoms with Gasteiger partial charge in [-0.15, -0.1) is 0 Å². The summed E-state index contributed by atoms with van der Waals surface area (Å²) in [5.41, 5.74) is 0.986. The SMILES string of the molecule is COc1ccnc(Nc2cc(N3CC[C@@H](N(C)C)C3)nc(-c3ccccc3)n2)c1. The van der Waals surface area contributed by atoms with Gasteiger partial charge in [-0.1, -0.05) is 30.3 Å². The lowest BCUT2D eigenvalue weighted by molar-refractivity contribution is 0.315.